The van der Waals surface area contributed by atoms with Gasteiger partial charge in [0.25, 0.3) is 5.91 Å². The summed E-state index contributed by atoms with van der Waals surface area (Å²) in [6.07, 6.45) is 2.01. The predicted octanol–water partition coefficient (Wildman–Crippen LogP) is 1.41. The number of amides is 2. The number of rotatable bonds is 3. The smallest absolute Gasteiger partial charge is 0.257 e. The van der Waals surface area contributed by atoms with Gasteiger partial charge in [0.2, 0.25) is 5.91 Å². The maximum absolute atomic E-state index is 12.9. The highest BCUT2D eigenvalue weighted by molar-refractivity contribution is 5.98. The van der Waals surface area contributed by atoms with E-state index in [0.717, 1.165) is 11.4 Å². The van der Waals surface area contributed by atoms with Crippen molar-refractivity contribution in [1.29, 1.82) is 0 Å². The van der Waals surface area contributed by atoms with Crippen LogP contribution in [0.5, 0.6) is 0 Å². The second-order valence-electron chi connectivity index (χ2n) is 6.71. The van der Waals surface area contributed by atoms with Crippen molar-refractivity contribution in [3.05, 3.63) is 47.8 Å². The highest BCUT2D eigenvalue weighted by Crippen LogP contribution is 2.33. The number of aromatic nitrogens is 2. The number of benzene rings is 1. The fraction of sp³-hybridized carbons (Fsp3) is 0.421. The molecule has 1 atom stereocenters. The lowest BCUT2D eigenvalue weighted by molar-refractivity contribution is -0.117. The first-order valence-corrected chi connectivity index (χ1v) is 8.89. The molecule has 0 bridgehead atoms. The quantitative estimate of drug-likeness (QED) is 0.836. The van der Waals surface area contributed by atoms with Crippen molar-refractivity contribution in [2.45, 2.75) is 12.3 Å². The van der Waals surface area contributed by atoms with E-state index in [1.807, 2.05) is 37.4 Å². The van der Waals surface area contributed by atoms with Crippen molar-refractivity contribution >= 4 is 17.5 Å². The lowest BCUT2D eigenvalue weighted by Gasteiger charge is -2.27. The Labute approximate surface area is 152 Å². The van der Waals surface area contributed by atoms with Gasteiger partial charge >= 0.3 is 0 Å². The highest BCUT2D eigenvalue weighted by atomic mass is 16.5. The summed E-state index contributed by atoms with van der Waals surface area (Å²) in [6, 6.07) is 9.65. The van der Waals surface area contributed by atoms with E-state index < -0.39 is 0 Å². The zero-order chi connectivity index (χ0) is 18.1. The monoisotopic (exact) mass is 354 g/mol. The molecule has 2 saturated heterocycles. The van der Waals surface area contributed by atoms with Crippen molar-refractivity contribution in [3.63, 3.8) is 0 Å². The average molecular weight is 354 g/mol. The molecule has 0 N–H and O–H groups in total. The summed E-state index contributed by atoms with van der Waals surface area (Å²) < 4.78 is 7.07. The van der Waals surface area contributed by atoms with Crippen LogP contribution in [0.4, 0.5) is 5.69 Å². The molecule has 4 rings (SSSR count). The van der Waals surface area contributed by atoms with E-state index in [1.54, 1.807) is 20.7 Å². The molecule has 0 radical (unpaired) electrons. The zero-order valence-electron chi connectivity index (χ0n) is 14.8. The van der Waals surface area contributed by atoms with Gasteiger partial charge in [0, 0.05) is 44.7 Å². The van der Waals surface area contributed by atoms with Gasteiger partial charge in [-0.05, 0) is 12.1 Å². The third-order valence-electron chi connectivity index (χ3n) is 5.09. The molecule has 136 valence electrons. The number of para-hydroxylation sites is 1. The molecule has 0 aliphatic carbocycles. The molecule has 3 heterocycles. The number of morpholine rings is 1. The van der Waals surface area contributed by atoms with Gasteiger partial charge in [-0.2, -0.15) is 5.10 Å². The van der Waals surface area contributed by atoms with Gasteiger partial charge in [0.1, 0.15) is 0 Å². The van der Waals surface area contributed by atoms with Crippen LogP contribution in [0, 0.1) is 0 Å². The number of anilines is 1. The van der Waals surface area contributed by atoms with Gasteiger partial charge in [-0.3, -0.25) is 14.3 Å². The topological polar surface area (TPSA) is 67.7 Å². The Bertz CT molecular complexity index is 811. The first-order valence-electron chi connectivity index (χ1n) is 8.89. The van der Waals surface area contributed by atoms with Crippen molar-refractivity contribution in [3.8, 4) is 0 Å². The number of nitrogens with zero attached hydrogens (tertiary/aromatic N) is 4. The van der Waals surface area contributed by atoms with Crippen LogP contribution in [0.25, 0.3) is 0 Å². The second kappa shape index (κ2) is 6.92. The molecule has 2 amide bonds. The molecule has 2 aliphatic rings. The van der Waals surface area contributed by atoms with E-state index in [4.69, 9.17) is 4.74 Å². The molecule has 2 fully saturated rings. The number of aryl methyl sites for hydroxylation is 1. The first kappa shape index (κ1) is 16.8. The molecular formula is C19H22N4O3. The number of carbonyl (C=O) groups excluding carboxylic acids is 2. The summed E-state index contributed by atoms with van der Waals surface area (Å²) in [7, 11) is 1.83. The molecular weight excluding hydrogens is 332 g/mol. The third-order valence-corrected chi connectivity index (χ3v) is 5.09. The van der Waals surface area contributed by atoms with Crippen LogP contribution in [0.2, 0.25) is 0 Å². The van der Waals surface area contributed by atoms with Crippen LogP contribution < -0.4 is 4.90 Å². The van der Waals surface area contributed by atoms with Crippen LogP contribution in [0.15, 0.2) is 36.5 Å². The van der Waals surface area contributed by atoms with Gasteiger partial charge in [0.05, 0.1) is 30.7 Å². The fourth-order valence-electron chi connectivity index (χ4n) is 3.78. The standard InChI is InChI=1S/C19H22N4O3/c1-21-18(16(12-20-21)19(25)22-7-9-26-10-8-22)14-11-17(24)23(13-14)15-5-3-2-4-6-15/h2-6,12,14H,7-11,13H2,1H3. The summed E-state index contributed by atoms with van der Waals surface area (Å²) in [5, 5.41) is 4.31. The van der Waals surface area contributed by atoms with E-state index in [0.29, 0.717) is 44.8 Å². The van der Waals surface area contributed by atoms with Crippen molar-refractivity contribution in [1.82, 2.24) is 14.7 Å². The minimum atomic E-state index is -0.0461. The van der Waals surface area contributed by atoms with E-state index in [1.165, 1.54) is 0 Å². The van der Waals surface area contributed by atoms with Crippen LogP contribution in [0.3, 0.4) is 0 Å². The zero-order valence-corrected chi connectivity index (χ0v) is 14.8. The van der Waals surface area contributed by atoms with E-state index in [-0.39, 0.29) is 17.7 Å². The summed E-state index contributed by atoms with van der Waals surface area (Å²) >= 11 is 0. The molecule has 0 spiro atoms. The molecule has 1 aromatic carbocycles. The van der Waals surface area contributed by atoms with Gasteiger partial charge in [-0.25, -0.2) is 0 Å². The lowest BCUT2D eigenvalue weighted by atomic mass is 10.00. The minimum absolute atomic E-state index is 0.0259. The van der Waals surface area contributed by atoms with Crippen LogP contribution in [0.1, 0.15) is 28.4 Å². The molecule has 7 heteroatoms. The molecule has 0 saturated carbocycles. The van der Waals surface area contributed by atoms with Crippen molar-refractivity contribution < 1.29 is 14.3 Å². The Balaban J connectivity index is 1.59. The Morgan fingerprint density at radius 2 is 1.92 bits per heavy atom. The van der Waals surface area contributed by atoms with Crippen LogP contribution in [-0.4, -0.2) is 59.3 Å². The van der Waals surface area contributed by atoms with E-state index >= 15 is 0 Å². The SMILES string of the molecule is Cn1ncc(C(=O)N2CCOCC2)c1C1CC(=O)N(c2ccccc2)C1. The van der Waals surface area contributed by atoms with Gasteiger partial charge in [0.15, 0.2) is 0 Å². The second-order valence-corrected chi connectivity index (χ2v) is 6.71. The summed E-state index contributed by atoms with van der Waals surface area (Å²) in [4.78, 5) is 29.1. The van der Waals surface area contributed by atoms with Crippen LogP contribution >= 0.6 is 0 Å². The Hall–Kier alpha value is -2.67. The minimum Gasteiger partial charge on any atom is -0.378 e. The number of ether oxygens (including phenoxy) is 1. The Morgan fingerprint density at radius 1 is 1.19 bits per heavy atom. The largest absolute Gasteiger partial charge is 0.378 e. The maximum atomic E-state index is 12.9. The summed E-state index contributed by atoms with van der Waals surface area (Å²) in [6.45, 7) is 2.86. The average Bonchev–Trinajstić information content (AvgIpc) is 3.25. The van der Waals surface area contributed by atoms with Gasteiger partial charge in [-0.15, -0.1) is 0 Å². The molecule has 7 nitrogen and oxygen atoms in total. The third kappa shape index (κ3) is 2.99. The van der Waals surface area contributed by atoms with Crippen molar-refractivity contribution in [2.75, 3.05) is 37.7 Å². The summed E-state index contributed by atoms with van der Waals surface area (Å²) in [5.74, 6) is 0.00405. The molecule has 1 aromatic heterocycles. The lowest BCUT2D eigenvalue weighted by Crippen LogP contribution is -2.41. The maximum Gasteiger partial charge on any atom is 0.257 e. The highest BCUT2D eigenvalue weighted by Gasteiger charge is 2.36. The first-order chi connectivity index (χ1) is 12.6. The number of hydrogen-bond acceptors (Lipinski definition) is 4. The van der Waals surface area contributed by atoms with Gasteiger partial charge < -0.3 is 14.5 Å². The van der Waals surface area contributed by atoms with Gasteiger partial charge in [-0.1, -0.05) is 18.2 Å². The van der Waals surface area contributed by atoms with Crippen molar-refractivity contribution in [2.24, 2.45) is 7.05 Å². The Kier molecular flexibility index (Phi) is 4.46. The van der Waals surface area contributed by atoms with E-state index in [2.05, 4.69) is 5.10 Å². The van der Waals surface area contributed by atoms with Crippen LogP contribution in [-0.2, 0) is 16.6 Å². The molecule has 1 unspecified atom stereocenters. The molecule has 2 aliphatic heterocycles. The number of hydrogen-bond donors (Lipinski definition) is 0. The summed E-state index contributed by atoms with van der Waals surface area (Å²) in [5.41, 5.74) is 2.33. The molecule has 26 heavy (non-hydrogen) atoms. The Morgan fingerprint density at radius 3 is 2.65 bits per heavy atom. The molecule has 2 aromatic rings. The normalized spacial score (nSPS) is 20.7. The number of carbonyl (C=O) groups is 2. The predicted molar refractivity (Wildman–Crippen MR) is 96.1 cm³/mol. The fourth-order valence-corrected chi connectivity index (χ4v) is 3.78. The van der Waals surface area contributed by atoms with E-state index in [9.17, 15) is 9.59 Å².